The molecular weight excluding hydrogens is 599 g/mol. The van der Waals surface area contributed by atoms with Gasteiger partial charge in [0.05, 0.1) is 6.61 Å². The van der Waals surface area contributed by atoms with Crippen LogP contribution >= 0.6 is 7.82 Å². The number of carbonyl (C=O) groups is 2. The molecule has 14 heteroatoms. The number of phosphoric ester groups is 1. The van der Waals surface area contributed by atoms with E-state index in [1.165, 1.54) is 12.8 Å². The summed E-state index contributed by atoms with van der Waals surface area (Å²) in [6, 6.07) is 0. The fraction of sp³-hybridized carbons (Fsp3) is 0.800. The predicted molar refractivity (Wildman–Crippen MR) is 161 cm³/mol. The summed E-state index contributed by atoms with van der Waals surface area (Å²) in [4.78, 5) is 34.4. The lowest BCUT2D eigenvalue weighted by Crippen LogP contribution is -2.64. The first kappa shape index (κ1) is 40.4. The van der Waals surface area contributed by atoms with Gasteiger partial charge in [-0.3, -0.25) is 18.6 Å². The zero-order valence-corrected chi connectivity index (χ0v) is 26.8. The number of allylic oxidation sites excluding steroid dienone is 4. The molecule has 1 aliphatic rings. The third kappa shape index (κ3) is 16.6. The second kappa shape index (κ2) is 22.8. The van der Waals surface area contributed by atoms with Crippen molar-refractivity contribution in [2.45, 2.75) is 140 Å². The van der Waals surface area contributed by atoms with E-state index in [1.807, 2.05) is 0 Å². The molecule has 13 nitrogen and oxygen atoms in total. The molecule has 0 heterocycles. The molecule has 6 N–H and O–H groups in total. The highest BCUT2D eigenvalue weighted by Gasteiger charge is 2.51. The molecule has 1 fully saturated rings. The predicted octanol–water partition coefficient (Wildman–Crippen LogP) is 2.99. The second-order valence-electron chi connectivity index (χ2n) is 11.0. The van der Waals surface area contributed by atoms with Gasteiger partial charge in [-0.2, -0.15) is 0 Å². The number of esters is 2. The first-order valence-electron chi connectivity index (χ1n) is 15.6. The molecule has 0 saturated heterocycles. The molecule has 44 heavy (non-hydrogen) atoms. The normalized spacial score (nSPS) is 26.1. The Morgan fingerprint density at radius 2 is 1.27 bits per heavy atom. The van der Waals surface area contributed by atoms with Crippen molar-refractivity contribution in [3.8, 4) is 0 Å². The highest BCUT2D eigenvalue weighted by molar-refractivity contribution is 7.47. The van der Waals surface area contributed by atoms with Gasteiger partial charge in [-0.1, -0.05) is 70.3 Å². The van der Waals surface area contributed by atoms with E-state index < -0.39 is 75.7 Å². The topological polar surface area (TPSA) is 210 Å². The van der Waals surface area contributed by atoms with Crippen LogP contribution in [-0.2, 0) is 32.7 Å². The van der Waals surface area contributed by atoms with E-state index >= 15 is 0 Å². The molecule has 6 atom stereocenters. The second-order valence-corrected chi connectivity index (χ2v) is 12.4. The van der Waals surface area contributed by atoms with Gasteiger partial charge in [0.25, 0.3) is 0 Å². The maximum atomic E-state index is 12.5. The van der Waals surface area contributed by atoms with E-state index in [9.17, 15) is 44.6 Å². The first-order valence-corrected chi connectivity index (χ1v) is 17.1. The number of aliphatic hydroxyl groups excluding tert-OH is 5. The Hall–Kier alpha value is -1.67. The molecular formula is C30H53O13P. The van der Waals surface area contributed by atoms with Gasteiger partial charge >= 0.3 is 19.8 Å². The third-order valence-corrected chi connectivity index (χ3v) is 8.00. The molecule has 0 aliphatic heterocycles. The van der Waals surface area contributed by atoms with Crippen molar-refractivity contribution in [3.63, 3.8) is 0 Å². The van der Waals surface area contributed by atoms with Crippen LogP contribution in [0.4, 0.5) is 0 Å². The number of carbonyl (C=O) groups excluding carboxylic acids is 2. The lowest BCUT2D eigenvalue weighted by atomic mass is 9.85. The minimum absolute atomic E-state index is 0.0789. The quantitative estimate of drug-likeness (QED) is 0.0406. The Morgan fingerprint density at radius 3 is 1.89 bits per heavy atom. The number of ether oxygens (including phenoxy) is 2. The van der Waals surface area contributed by atoms with E-state index in [4.69, 9.17) is 18.5 Å². The van der Waals surface area contributed by atoms with Crippen LogP contribution in [0.5, 0.6) is 0 Å². The highest BCUT2D eigenvalue weighted by Crippen LogP contribution is 2.47. The number of aliphatic hydroxyl groups is 5. The van der Waals surface area contributed by atoms with E-state index in [0.717, 1.165) is 44.9 Å². The smallest absolute Gasteiger partial charge is 0.462 e. The summed E-state index contributed by atoms with van der Waals surface area (Å²) in [5, 5.41) is 49.4. The zero-order chi connectivity index (χ0) is 33.0. The Morgan fingerprint density at radius 1 is 0.705 bits per heavy atom. The molecule has 0 spiro atoms. The Balaban J connectivity index is 2.48. The fourth-order valence-corrected chi connectivity index (χ4v) is 5.37. The molecule has 1 rings (SSSR count). The maximum absolute atomic E-state index is 12.5. The average Bonchev–Trinajstić information content (AvgIpc) is 2.99. The van der Waals surface area contributed by atoms with Crippen LogP contribution in [0, 0.1) is 0 Å². The van der Waals surface area contributed by atoms with Gasteiger partial charge < -0.3 is 39.9 Å². The van der Waals surface area contributed by atoms with E-state index in [1.54, 1.807) is 6.92 Å². The van der Waals surface area contributed by atoms with Crippen molar-refractivity contribution in [1.29, 1.82) is 0 Å². The molecule has 0 aromatic rings. The van der Waals surface area contributed by atoms with Crippen LogP contribution in [0.3, 0.4) is 0 Å². The summed E-state index contributed by atoms with van der Waals surface area (Å²) in [7, 11) is -5.08. The molecule has 1 aliphatic carbocycles. The largest absolute Gasteiger partial charge is 0.472 e. The van der Waals surface area contributed by atoms with Gasteiger partial charge in [0.15, 0.2) is 6.10 Å². The SMILES string of the molecule is CCCC/C=C\C/C=C\CCCCCCCC(=O)OC(COC(=O)CCC)COP(=O)(O)OC1C(O)C(O)C(O)C(O)C1O. The summed E-state index contributed by atoms with van der Waals surface area (Å²) in [5.74, 6) is -1.18. The molecule has 0 aromatic carbocycles. The Bertz CT molecular complexity index is 895. The number of unbranched alkanes of at least 4 members (excludes halogenated alkanes) is 7. The number of rotatable bonds is 23. The lowest BCUT2D eigenvalue weighted by molar-refractivity contribution is -0.220. The maximum Gasteiger partial charge on any atom is 0.472 e. The van der Waals surface area contributed by atoms with E-state index in [2.05, 4.69) is 31.2 Å². The van der Waals surface area contributed by atoms with Crippen LogP contribution in [0.1, 0.15) is 97.3 Å². The number of phosphoric acid groups is 1. The standard InChI is InChI=1S/C30H53O13P/c1-3-5-6-7-8-9-10-11-12-13-14-15-16-17-19-24(32)42-22(20-40-23(31)18-4-2)21-41-44(38,39)43-30-28(36)26(34)25(33)27(35)29(30)37/h7-8,10-11,22,25-30,33-37H,3-6,9,12-21H2,1-2H3,(H,38,39)/b8-7-,11-10-. The van der Waals surface area contributed by atoms with Crippen LogP contribution < -0.4 is 0 Å². The summed E-state index contributed by atoms with van der Waals surface area (Å²) in [6.07, 6.45) is 6.18. The summed E-state index contributed by atoms with van der Waals surface area (Å²) in [5.41, 5.74) is 0. The van der Waals surface area contributed by atoms with Crippen molar-refractivity contribution in [2.24, 2.45) is 0 Å². The molecule has 0 bridgehead atoms. The van der Waals surface area contributed by atoms with Gasteiger partial charge in [0.2, 0.25) is 0 Å². The molecule has 6 unspecified atom stereocenters. The minimum Gasteiger partial charge on any atom is -0.462 e. The minimum atomic E-state index is -5.08. The van der Waals surface area contributed by atoms with Gasteiger partial charge in [-0.25, -0.2) is 4.57 Å². The van der Waals surface area contributed by atoms with Gasteiger partial charge in [-0.05, 0) is 38.5 Å². The van der Waals surface area contributed by atoms with Crippen molar-refractivity contribution < 1.29 is 63.1 Å². The van der Waals surface area contributed by atoms with Crippen LogP contribution in [0.2, 0.25) is 0 Å². The molecule has 1 saturated carbocycles. The number of hydrogen-bond acceptors (Lipinski definition) is 12. The van der Waals surface area contributed by atoms with Crippen molar-refractivity contribution in [2.75, 3.05) is 13.2 Å². The van der Waals surface area contributed by atoms with Gasteiger partial charge in [0, 0.05) is 12.8 Å². The van der Waals surface area contributed by atoms with Crippen molar-refractivity contribution in [1.82, 2.24) is 0 Å². The summed E-state index contributed by atoms with van der Waals surface area (Å²) < 4.78 is 32.6. The lowest BCUT2D eigenvalue weighted by Gasteiger charge is -2.41. The molecule has 0 aromatic heterocycles. The third-order valence-electron chi connectivity index (χ3n) is 7.02. The van der Waals surface area contributed by atoms with Crippen LogP contribution in [0.25, 0.3) is 0 Å². The Kier molecular flexibility index (Phi) is 20.9. The van der Waals surface area contributed by atoms with Gasteiger partial charge in [0.1, 0.15) is 43.2 Å². The van der Waals surface area contributed by atoms with E-state index in [0.29, 0.717) is 12.8 Å². The van der Waals surface area contributed by atoms with Crippen molar-refractivity contribution >= 4 is 19.8 Å². The zero-order valence-electron chi connectivity index (χ0n) is 25.9. The molecule has 0 amide bonds. The highest BCUT2D eigenvalue weighted by atomic mass is 31.2. The Labute approximate surface area is 260 Å². The average molecular weight is 653 g/mol. The fourth-order valence-electron chi connectivity index (χ4n) is 4.40. The van der Waals surface area contributed by atoms with Crippen LogP contribution in [-0.4, -0.2) is 98.3 Å². The molecule has 256 valence electrons. The number of hydrogen-bond donors (Lipinski definition) is 6. The first-order chi connectivity index (χ1) is 20.9. The van der Waals surface area contributed by atoms with Crippen molar-refractivity contribution in [3.05, 3.63) is 24.3 Å². The van der Waals surface area contributed by atoms with Crippen LogP contribution in [0.15, 0.2) is 24.3 Å². The summed E-state index contributed by atoms with van der Waals surface area (Å²) in [6.45, 7) is 2.75. The van der Waals surface area contributed by atoms with E-state index in [-0.39, 0.29) is 12.8 Å². The van der Waals surface area contributed by atoms with Gasteiger partial charge in [-0.15, -0.1) is 0 Å². The monoisotopic (exact) mass is 652 g/mol. The summed E-state index contributed by atoms with van der Waals surface area (Å²) >= 11 is 0. The molecule has 0 radical (unpaired) electrons.